The molecular formula is C15H26N2S. The molecule has 0 N–H and O–H groups in total. The van der Waals surface area contributed by atoms with E-state index in [1.807, 2.05) is 11.3 Å². The highest BCUT2D eigenvalue weighted by molar-refractivity contribution is 7.09. The van der Waals surface area contributed by atoms with Gasteiger partial charge in [-0.3, -0.25) is 4.90 Å². The molecule has 1 heterocycles. The van der Waals surface area contributed by atoms with Crippen molar-refractivity contribution in [3.8, 4) is 0 Å². The van der Waals surface area contributed by atoms with Crippen molar-refractivity contribution in [2.24, 2.45) is 5.92 Å². The molecule has 2 atom stereocenters. The Hall–Kier alpha value is -0.410. The topological polar surface area (TPSA) is 16.1 Å². The van der Waals surface area contributed by atoms with E-state index < -0.39 is 0 Å². The fraction of sp³-hybridized carbons (Fsp3) is 0.800. The second kappa shape index (κ2) is 6.16. The number of aromatic nitrogens is 1. The Labute approximate surface area is 115 Å². The number of thiazole rings is 1. The highest BCUT2D eigenvalue weighted by Gasteiger charge is 2.25. The predicted octanol–water partition coefficient (Wildman–Crippen LogP) is 4.28. The molecule has 3 heteroatoms. The van der Waals surface area contributed by atoms with E-state index in [1.165, 1.54) is 36.4 Å². The largest absolute Gasteiger partial charge is 0.297 e. The maximum atomic E-state index is 4.75. The van der Waals surface area contributed by atoms with E-state index in [2.05, 4.69) is 38.1 Å². The standard InChI is InChI=1S/C15H26N2S/c1-11(2)15-16-13(10-18-15)9-17(4)14-8-6-5-7-12(14)3/h10-12,14H,5-9H2,1-4H3. The summed E-state index contributed by atoms with van der Waals surface area (Å²) in [6.07, 6.45) is 5.56. The molecule has 0 aromatic carbocycles. The summed E-state index contributed by atoms with van der Waals surface area (Å²) in [5.41, 5.74) is 1.25. The molecule has 1 aromatic rings. The summed E-state index contributed by atoms with van der Waals surface area (Å²) in [7, 11) is 2.26. The Morgan fingerprint density at radius 1 is 1.39 bits per heavy atom. The van der Waals surface area contributed by atoms with Crippen LogP contribution < -0.4 is 0 Å². The predicted molar refractivity (Wildman–Crippen MR) is 79.1 cm³/mol. The summed E-state index contributed by atoms with van der Waals surface area (Å²) in [5.74, 6) is 1.40. The quantitative estimate of drug-likeness (QED) is 0.808. The molecule has 1 aliphatic rings. The van der Waals surface area contributed by atoms with Gasteiger partial charge in [-0.2, -0.15) is 0 Å². The second-order valence-corrected chi connectivity index (χ2v) is 6.97. The van der Waals surface area contributed by atoms with Crippen molar-refractivity contribution in [3.05, 3.63) is 16.1 Å². The molecule has 0 saturated heterocycles. The number of hydrogen-bond donors (Lipinski definition) is 0. The van der Waals surface area contributed by atoms with Crippen LogP contribution in [0.3, 0.4) is 0 Å². The first kappa shape index (κ1) is 14.0. The van der Waals surface area contributed by atoms with Crippen LogP contribution in [-0.4, -0.2) is 23.0 Å². The second-order valence-electron chi connectivity index (χ2n) is 6.08. The number of hydrogen-bond acceptors (Lipinski definition) is 3. The molecule has 0 amide bonds. The van der Waals surface area contributed by atoms with Crippen LogP contribution in [0.2, 0.25) is 0 Å². The molecule has 2 nitrogen and oxygen atoms in total. The van der Waals surface area contributed by atoms with Gasteiger partial charge in [-0.05, 0) is 25.8 Å². The van der Waals surface area contributed by atoms with Gasteiger partial charge in [-0.1, -0.05) is 33.6 Å². The van der Waals surface area contributed by atoms with Gasteiger partial charge in [-0.15, -0.1) is 11.3 Å². The van der Waals surface area contributed by atoms with Crippen LogP contribution in [0.1, 0.15) is 63.1 Å². The van der Waals surface area contributed by atoms with Gasteiger partial charge < -0.3 is 0 Å². The smallest absolute Gasteiger partial charge is 0.0954 e. The maximum Gasteiger partial charge on any atom is 0.0954 e. The summed E-state index contributed by atoms with van der Waals surface area (Å²) in [5, 5.41) is 3.51. The van der Waals surface area contributed by atoms with Crippen molar-refractivity contribution in [2.75, 3.05) is 7.05 Å². The molecule has 1 saturated carbocycles. The summed E-state index contributed by atoms with van der Waals surface area (Å²) in [4.78, 5) is 7.26. The molecule has 0 aliphatic heterocycles. The highest BCUT2D eigenvalue weighted by atomic mass is 32.1. The molecule has 0 bridgehead atoms. The maximum absolute atomic E-state index is 4.75. The minimum Gasteiger partial charge on any atom is -0.297 e. The van der Waals surface area contributed by atoms with E-state index in [4.69, 9.17) is 4.98 Å². The highest BCUT2D eigenvalue weighted by Crippen LogP contribution is 2.28. The van der Waals surface area contributed by atoms with Crippen molar-refractivity contribution in [1.82, 2.24) is 9.88 Å². The summed E-state index contributed by atoms with van der Waals surface area (Å²) in [6, 6.07) is 0.753. The molecule has 0 radical (unpaired) electrons. The monoisotopic (exact) mass is 266 g/mol. The van der Waals surface area contributed by atoms with Crippen LogP contribution in [0, 0.1) is 5.92 Å². The molecule has 1 fully saturated rings. The Morgan fingerprint density at radius 3 is 2.72 bits per heavy atom. The zero-order valence-electron chi connectivity index (χ0n) is 12.1. The van der Waals surface area contributed by atoms with Gasteiger partial charge in [0, 0.05) is 23.9 Å². The lowest BCUT2D eigenvalue weighted by Gasteiger charge is -2.35. The van der Waals surface area contributed by atoms with Crippen LogP contribution in [-0.2, 0) is 6.54 Å². The van der Waals surface area contributed by atoms with Gasteiger partial charge in [-0.25, -0.2) is 4.98 Å². The average molecular weight is 266 g/mol. The van der Waals surface area contributed by atoms with Crippen molar-refractivity contribution >= 4 is 11.3 Å². The van der Waals surface area contributed by atoms with Gasteiger partial charge in [0.05, 0.1) is 10.7 Å². The average Bonchev–Trinajstić information content (AvgIpc) is 2.78. The van der Waals surface area contributed by atoms with Gasteiger partial charge >= 0.3 is 0 Å². The third-order valence-electron chi connectivity index (χ3n) is 4.11. The van der Waals surface area contributed by atoms with Crippen molar-refractivity contribution in [1.29, 1.82) is 0 Å². The van der Waals surface area contributed by atoms with Crippen molar-refractivity contribution in [2.45, 2.75) is 65.0 Å². The Bertz CT molecular complexity index is 372. The molecular weight excluding hydrogens is 240 g/mol. The van der Waals surface area contributed by atoms with Gasteiger partial charge in [0.15, 0.2) is 0 Å². The molecule has 18 heavy (non-hydrogen) atoms. The first-order valence-electron chi connectivity index (χ1n) is 7.22. The Morgan fingerprint density at radius 2 is 2.11 bits per heavy atom. The van der Waals surface area contributed by atoms with Crippen molar-refractivity contribution < 1.29 is 0 Å². The molecule has 2 rings (SSSR count). The van der Waals surface area contributed by atoms with Gasteiger partial charge in [0.2, 0.25) is 0 Å². The normalized spacial score (nSPS) is 25.0. The summed E-state index contributed by atoms with van der Waals surface area (Å²) in [6.45, 7) is 7.85. The molecule has 1 aromatic heterocycles. The molecule has 102 valence electrons. The molecule has 0 spiro atoms. The van der Waals surface area contributed by atoms with E-state index in [0.717, 1.165) is 18.5 Å². The van der Waals surface area contributed by atoms with E-state index >= 15 is 0 Å². The lowest BCUT2D eigenvalue weighted by molar-refractivity contribution is 0.132. The van der Waals surface area contributed by atoms with Crippen LogP contribution in [0.4, 0.5) is 0 Å². The number of rotatable bonds is 4. The molecule has 2 unspecified atom stereocenters. The number of nitrogens with zero attached hydrogens (tertiary/aromatic N) is 2. The van der Waals surface area contributed by atoms with Crippen LogP contribution in [0.5, 0.6) is 0 Å². The van der Waals surface area contributed by atoms with E-state index in [-0.39, 0.29) is 0 Å². The Kier molecular flexibility index (Phi) is 4.79. The Balaban J connectivity index is 1.95. The minimum atomic E-state index is 0.558. The third-order valence-corrected chi connectivity index (χ3v) is 5.30. The SMILES string of the molecule is CC(C)c1nc(CN(C)C2CCCCC2C)cs1. The van der Waals surface area contributed by atoms with Gasteiger partial charge in [0.25, 0.3) is 0 Å². The van der Waals surface area contributed by atoms with E-state index in [9.17, 15) is 0 Å². The minimum absolute atomic E-state index is 0.558. The van der Waals surface area contributed by atoms with Gasteiger partial charge in [0.1, 0.15) is 0 Å². The van der Waals surface area contributed by atoms with E-state index in [0.29, 0.717) is 5.92 Å². The summed E-state index contributed by atoms with van der Waals surface area (Å²) >= 11 is 1.81. The van der Waals surface area contributed by atoms with E-state index in [1.54, 1.807) is 0 Å². The molecule has 1 aliphatic carbocycles. The van der Waals surface area contributed by atoms with Crippen LogP contribution in [0.25, 0.3) is 0 Å². The lowest BCUT2D eigenvalue weighted by Crippen LogP contribution is -2.38. The third kappa shape index (κ3) is 3.33. The fourth-order valence-corrected chi connectivity index (χ4v) is 3.81. The zero-order valence-corrected chi connectivity index (χ0v) is 13.0. The van der Waals surface area contributed by atoms with Crippen LogP contribution >= 0.6 is 11.3 Å². The first-order valence-corrected chi connectivity index (χ1v) is 8.10. The fourth-order valence-electron chi connectivity index (χ4n) is 2.98. The first-order chi connectivity index (χ1) is 8.58. The summed E-state index contributed by atoms with van der Waals surface area (Å²) < 4.78 is 0. The van der Waals surface area contributed by atoms with Crippen LogP contribution in [0.15, 0.2) is 5.38 Å². The lowest BCUT2D eigenvalue weighted by atomic mass is 9.85. The zero-order chi connectivity index (χ0) is 13.1. The van der Waals surface area contributed by atoms with Crippen molar-refractivity contribution in [3.63, 3.8) is 0 Å².